The molecule has 17 heavy (non-hydrogen) atoms. The van der Waals surface area contributed by atoms with Gasteiger partial charge in [-0.3, -0.25) is 9.36 Å². The van der Waals surface area contributed by atoms with E-state index >= 15 is 0 Å². The summed E-state index contributed by atoms with van der Waals surface area (Å²) in [5.74, 6) is 0. The second-order valence-corrected chi connectivity index (χ2v) is 4.61. The number of halogens is 1. The molecule has 0 spiro atoms. The summed E-state index contributed by atoms with van der Waals surface area (Å²) in [6, 6.07) is 0. The first-order valence-electron chi connectivity index (χ1n) is 5.41. The molecule has 0 saturated carbocycles. The first-order valence-corrected chi connectivity index (χ1v) is 6.20. The maximum absolute atomic E-state index is 4.34. The molecule has 0 aliphatic carbocycles. The Morgan fingerprint density at radius 1 is 1.47 bits per heavy atom. The molecule has 2 rings (SSSR count). The topological polar surface area (TPSA) is 60.6 Å². The quantitative estimate of drug-likeness (QED) is 0.832. The summed E-state index contributed by atoms with van der Waals surface area (Å²) in [6.07, 6.45) is 3.53. The normalized spacial score (nSPS) is 11.0. The van der Waals surface area contributed by atoms with Crippen LogP contribution in [0.15, 0.2) is 16.9 Å². The Bertz CT molecular complexity index is 475. The molecule has 0 saturated heterocycles. The molecule has 0 unspecified atom stereocenters. The predicted molar refractivity (Wildman–Crippen MR) is 67.4 cm³/mol. The molecule has 6 nitrogen and oxygen atoms in total. The summed E-state index contributed by atoms with van der Waals surface area (Å²) in [6.45, 7) is 4.43. The van der Waals surface area contributed by atoms with Crippen molar-refractivity contribution >= 4 is 15.9 Å². The summed E-state index contributed by atoms with van der Waals surface area (Å²) < 4.78 is 4.77. The minimum atomic E-state index is 0.784. The van der Waals surface area contributed by atoms with E-state index < -0.39 is 0 Å². The van der Waals surface area contributed by atoms with Crippen molar-refractivity contribution in [3.63, 3.8) is 0 Å². The van der Waals surface area contributed by atoms with Crippen LogP contribution in [-0.4, -0.2) is 31.3 Å². The summed E-state index contributed by atoms with van der Waals surface area (Å²) in [5, 5.41) is 15.4. The molecule has 0 radical (unpaired) electrons. The molecule has 7 heteroatoms. The van der Waals surface area contributed by atoms with Crippen LogP contribution in [0, 0.1) is 6.92 Å². The van der Waals surface area contributed by atoms with Gasteiger partial charge in [0.05, 0.1) is 28.6 Å². The van der Waals surface area contributed by atoms with Crippen LogP contribution in [-0.2, 0) is 20.1 Å². The number of nitrogens with one attached hydrogen (secondary N) is 1. The lowest BCUT2D eigenvalue weighted by molar-refractivity contribution is 0.529. The number of aromatic nitrogens is 5. The molecule has 2 heterocycles. The van der Waals surface area contributed by atoms with Gasteiger partial charge in [0, 0.05) is 26.3 Å². The van der Waals surface area contributed by atoms with Crippen LogP contribution in [0.5, 0.6) is 0 Å². The maximum Gasteiger partial charge on any atom is 0.0739 e. The van der Waals surface area contributed by atoms with Gasteiger partial charge in [-0.1, -0.05) is 5.21 Å². The van der Waals surface area contributed by atoms with Gasteiger partial charge in [0.2, 0.25) is 0 Å². The standard InChI is InChI=1S/C10H15BrN6/c1-8-10(11)9(16(2)14-8)7-12-3-5-17-6-4-13-15-17/h4,6,12H,3,5,7H2,1-2H3. The molecule has 0 bridgehead atoms. The minimum Gasteiger partial charge on any atom is -0.309 e. The second-order valence-electron chi connectivity index (χ2n) is 3.81. The van der Waals surface area contributed by atoms with Crippen LogP contribution in [0.2, 0.25) is 0 Å². The average Bonchev–Trinajstić information content (AvgIpc) is 2.87. The highest BCUT2D eigenvalue weighted by Gasteiger charge is 2.09. The highest BCUT2D eigenvalue weighted by molar-refractivity contribution is 9.10. The second kappa shape index (κ2) is 5.42. The van der Waals surface area contributed by atoms with E-state index in [1.54, 1.807) is 10.9 Å². The van der Waals surface area contributed by atoms with Crippen LogP contribution < -0.4 is 5.32 Å². The Kier molecular flexibility index (Phi) is 3.90. The van der Waals surface area contributed by atoms with Crippen molar-refractivity contribution < 1.29 is 0 Å². The van der Waals surface area contributed by atoms with Crippen molar-refractivity contribution in [3.8, 4) is 0 Å². The summed E-state index contributed by atoms with van der Waals surface area (Å²) >= 11 is 3.54. The lowest BCUT2D eigenvalue weighted by atomic mass is 10.3. The molecule has 1 N–H and O–H groups in total. The predicted octanol–water partition coefficient (Wildman–Crippen LogP) is 0.872. The van der Waals surface area contributed by atoms with Crippen LogP contribution in [0.1, 0.15) is 11.4 Å². The molecule has 0 fully saturated rings. The van der Waals surface area contributed by atoms with E-state index in [-0.39, 0.29) is 0 Å². The van der Waals surface area contributed by atoms with E-state index in [2.05, 4.69) is 36.7 Å². The summed E-state index contributed by atoms with van der Waals surface area (Å²) in [4.78, 5) is 0. The lowest BCUT2D eigenvalue weighted by Gasteiger charge is -2.05. The van der Waals surface area contributed by atoms with Crippen molar-refractivity contribution in [3.05, 3.63) is 28.3 Å². The third kappa shape index (κ3) is 2.92. The number of rotatable bonds is 5. The van der Waals surface area contributed by atoms with Gasteiger partial charge in [-0.15, -0.1) is 5.10 Å². The highest BCUT2D eigenvalue weighted by atomic mass is 79.9. The monoisotopic (exact) mass is 298 g/mol. The molecule has 0 aromatic carbocycles. The van der Waals surface area contributed by atoms with Crippen molar-refractivity contribution in [1.82, 2.24) is 30.1 Å². The summed E-state index contributed by atoms with van der Waals surface area (Å²) in [5.41, 5.74) is 2.17. The lowest BCUT2D eigenvalue weighted by Crippen LogP contribution is -2.21. The fourth-order valence-corrected chi connectivity index (χ4v) is 2.10. The molecule has 0 aliphatic rings. The Labute approximate surface area is 108 Å². The van der Waals surface area contributed by atoms with Gasteiger partial charge in [0.15, 0.2) is 0 Å². The SMILES string of the molecule is Cc1nn(C)c(CNCCn2ccnn2)c1Br. The molecule has 2 aromatic rings. The molecule has 2 aromatic heterocycles. The largest absolute Gasteiger partial charge is 0.309 e. The smallest absolute Gasteiger partial charge is 0.0739 e. The number of hydrogen-bond donors (Lipinski definition) is 1. The number of hydrogen-bond acceptors (Lipinski definition) is 4. The van der Waals surface area contributed by atoms with Gasteiger partial charge in [-0.05, 0) is 22.9 Å². The van der Waals surface area contributed by atoms with Crippen LogP contribution in [0.3, 0.4) is 0 Å². The van der Waals surface area contributed by atoms with E-state index in [9.17, 15) is 0 Å². The fraction of sp³-hybridized carbons (Fsp3) is 0.500. The zero-order valence-electron chi connectivity index (χ0n) is 9.89. The average molecular weight is 299 g/mol. The Morgan fingerprint density at radius 2 is 2.29 bits per heavy atom. The van der Waals surface area contributed by atoms with Crippen molar-refractivity contribution in [1.29, 1.82) is 0 Å². The van der Waals surface area contributed by atoms with Crippen molar-refractivity contribution in [2.75, 3.05) is 6.54 Å². The number of aryl methyl sites for hydroxylation is 2. The minimum absolute atomic E-state index is 0.784. The fourth-order valence-electron chi connectivity index (χ4n) is 1.62. The molecule has 92 valence electrons. The van der Waals surface area contributed by atoms with Crippen molar-refractivity contribution in [2.24, 2.45) is 7.05 Å². The Hall–Kier alpha value is -1.21. The first-order chi connectivity index (χ1) is 8.18. The van der Waals surface area contributed by atoms with Gasteiger partial charge < -0.3 is 5.32 Å². The van der Waals surface area contributed by atoms with E-state index in [1.807, 2.05) is 24.9 Å². The molecule has 0 aliphatic heterocycles. The van der Waals surface area contributed by atoms with Gasteiger partial charge in [-0.25, -0.2) is 0 Å². The van der Waals surface area contributed by atoms with Gasteiger partial charge in [0.1, 0.15) is 0 Å². The van der Waals surface area contributed by atoms with Gasteiger partial charge in [0.25, 0.3) is 0 Å². The third-order valence-electron chi connectivity index (χ3n) is 2.54. The van der Waals surface area contributed by atoms with Gasteiger partial charge >= 0.3 is 0 Å². The zero-order chi connectivity index (χ0) is 12.3. The molecular weight excluding hydrogens is 284 g/mol. The maximum atomic E-state index is 4.34. The van der Waals surface area contributed by atoms with Gasteiger partial charge in [-0.2, -0.15) is 5.10 Å². The first kappa shape index (κ1) is 12.3. The molecule has 0 amide bonds. The third-order valence-corrected chi connectivity index (χ3v) is 3.58. The van der Waals surface area contributed by atoms with E-state index in [0.717, 1.165) is 35.5 Å². The Balaban J connectivity index is 1.82. The summed E-state index contributed by atoms with van der Waals surface area (Å²) in [7, 11) is 1.95. The van der Waals surface area contributed by atoms with E-state index in [4.69, 9.17) is 0 Å². The molecular formula is C10H15BrN6. The number of nitrogens with zero attached hydrogens (tertiary/aromatic N) is 5. The Morgan fingerprint density at radius 3 is 2.88 bits per heavy atom. The van der Waals surface area contributed by atoms with E-state index in [0.29, 0.717) is 0 Å². The van der Waals surface area contributed by atoms with Crippen LogP contribution >= 0.6 is 15.9 Å². The van der Waals surface area contributed by atoms with Crippen molar-refractivity contribution in [2.45, 2.75) is 20.0 Å². The van der Waals surface area contributed by atoms with Crippen LogP contribution in [0.4, 0.5) is 0 Å². The zero-order valence-corrected chi connectivity index (χ0v) is 11.5. The molecule has 0 atom stereocenters. The van der Waals surface area contributed by atoms with Crippen LogP contribution in [0.25, 0.3) is 0 Å². The van der Waals surface area contributed by atoms with E-state index in [1.165, 1.54) is 0 Å². The highest BCUT2D eigenvalue weighted by Crippen LogP contribution is 2.19.